The lowest BCUT2D eigenvalue weighted by molar-refractivity contribution is -0.131. The zero-order valence-electron chi connectivity index (χ0n) is 12.5. The van der Waals surface area contributed by atoms with Gasteiger partial charge >= 0.3 is 0 Å². The summed E-state index contributed by atoms with van der Waals surface area (Å²) < 4.78 is 1.44. The fraction of sp³-hybridized carbons (Fsp3) is 0.235. The first-order chi connectivity index (χ1) is 11.2. The van der Waals surface area contributed by atoms with E-state index in [0.29, 0.717) is 42.8 Å². The minimum absolute atomic E-state index is 0.0647. The van der Waals surface area contributed by atoms with Gasteiger partial charge in [0.15, 0.2) is 5.65 Å². The molecule has 23 heavy (non-hydrogen) atoms. The minimum Gasteiger partial charge on any atom is -0.336 e. The molecule has 3 heterocycles. The topological polar surface area (TPSA) is 70.5 Å². The van der Waals surface area contributed by atoms with Crippen molar-refractivity contribution in [3.8, 4) is 0 Å². The number of nitrogens with one attached hydrogen (secondary N) is 1. The van der Waals surface area contributed by atoms with E-state index in [0.717, 1.165) is 5.56 Å². The Balaban J connectivity index is 1.60. The van der Waals surface area contributed by atoms with Crippen LogP contribution in [0.1, 0.15) is 16.8 Å². The number of hydrogen-bond donors (Lipinski definition) is 1. The van der Waals surface area contributed by atoms with Crippen molar-refractivity contribution < 1.29 is 4.79 Å². The third kappa shape index (κ3) is 2.42. The third-order valence-corrected chi connectivity index (χ3v) is 4.25. The van der Waals surface area contributed by atoms with Crippen LogP contribution in [0.25, 0.3) is 5.65 Å². The van der Waals surface area contributed by atoms with Gasteiger partial charge in [0.2, 0.25) is 5.91 Å². The van der Waals surface area contributed by atoms with Gasteiger partial charge in [0.25, 0.3) is 5.56 Å². The van der Waals surface area contributed by atoms with Crippen LogP contribution in [0, 0.1) is 0 Å². The fourth-order valence-electron chi connectivity index (χ4n) is 3.02. The monoisotopic (exact) mass is 308 g/mol. The highest BCUT2D eigenvalue weighted by atomic mass is 16.2. The molecule has 4 rings (SSSR count). The molecule has 0 aliphatic carbocycles. The van der Waals surface area contributed by atoms with Gasteiger partial charge in [0.05, 0.1) is 18.7 Å². The van der Waals surface area contributed by atoms with Gasteiger partial charge in [-0.05, 0) is 12.0 Å². The summed E-state index contributed by atoms with van der Waals surface area (Å²) in [7, 11) is 0. The van der Waals surface area contributed by atoms with Gasteiger partial charge in [-0.15, -0.1) is 0 Å². The zero-order valence-corrected chi connectivity index (χ0v) is 12.5. The number of amides is 1. The molecule has 0 fully saturated rings. The summed E-state index contributed by atoms with van der Waals surface area (Å²) >= 11 is 0. The molecule has 2 aromatic heterocycles. The average molecular weight is 308 g/mol. The van der Waals surface area contributed by atoms with Gasteiger partial charge in [0.1, 0.15) is 0 Å². The molecule has 1 amide bonds. The molecule has 116 valence electrons. The second kappa shape index (κ2) is 5.39. The molecule has 1 aliphatic heterocycles. The lowest BCUT2D eigenvalue weighted by Crippen LogP contribution is -2.40. The van der Waals surface area contributed by atoms with E-state index in [1.165, 1.54) is 4.52 Å². The SMILES string of the molecule is O=C(Cc1ccccc1)N1CCc2c(nc3cc[nH]n3c2=O)C1. The van der Waals surface area contributed by atoms with E-state index in [9.17, 15) is 9.59 Å². The number of H-pyrrole nitrogens is 1. The van der Waals surface area contributed by atoms with E-state index in [-0.39, 0.29) is 11.5 Å². The highest BCUT2D eigenvalue weighted by Crippen LogP contribution is 2.16. The van der Waals surface area contributed by atoms with E-state index in [1.807, 2.05) is 30.3 Å². The number of aromatic nitrogens is 3. The number of aromatic amines is 1. The summed E-state index contributed by atoms with van der Waals surface area (Å²) in [6, 6.07) is 11.4. The second-order valence-corrected chi connectivity index (χ2v) is 5.73. The molecular formula is C17H16N4O2. The first kappa shape index (κ1) is 13.8. The number of benzene rings is 1. The molecule has 0 atom stereocenters. The van der Waals surface area contributed by atoms with Crippen LogP contribution in [-0.2, 0) is 24.2 Å². The van der Waals surface area contributed by atoms with Gasteiger partial charge in [-0.3, -0.25) is 14.7 Å². The average Bonchev–Trinajstić information content (AvgIpc) is 3.04. The van der Waals surface area contributed by atoms with Crippen LogP contribution in [0.5, 0.6) is 0 Å². The molecule has 1 N–H and O–H groups in total. The fourth-order valence-corrected chi connectivity index (χ4v) is 3.02. The summed E-state index contributed by atoms with van der Waals surface area (Å²) in [6.07, 6.45) is 2.61. The highest BCUT2D eigenvalue weighted by Gasteiger charge is 2.24. The van der Waals surface area contributed by atoms with Crippen LogP contribution in [0.2, 0.25) is 0 Å². The molecule has 0 spiro atoms. The molecule has 0 unspecified atom stereocenters. The number of carbonyl (C=O) groups is 1. The van der Waals surface area contributed by atoms with Crippen molar-refractivity contribution in [2.75, 3.05) is 6.54 Å². The Hall–Kier alpha value is -2.89. The number of rotatable bonds is 2. The van der Waals surface area contributed by atoms with Gasteiger partial charge < -0.3 is 4.90 Å². The van der Waals surface area contributed by atoms with E-state index in [1.54, 1.807) is 17.2 Å². The summed E-state index contributed by atoms with van der Waals surface area (Å²) in [4.78, 5) is 31.2. The number of hydrogen-bond acceptors (Lipinski definition) is 3. The Labute approximate surface area is 132 Å². The number of nitrogens with zero attached hydrogens (tertiary/aromatic N) is 3. The van der Waals surface area contributed by atoms with Crippen molar-refractivity contribution in [3.63, 3.8) is 0 Å². The van der Waals surface area contributed by atoms with Crippen molar-refractivity contribution in [2.24, 2.45) is 0 Å². The summed E-state index contributed by atoms with van der Waals surface area (Å²) in [5.41, 5.74) is 2.93. The molecule has 1 aromatic carbocycles. The van der Waals surface area contributed by atoms with Crippen molar-refractivity contribution in [1.82, 2.24) is 19.5 Å². The molecule has 0 bridgehead atoms. The van der Waals surface area contributed by atoms with E-state index in [4.69, 9.17) is 0 Å². The Morgan fingerprint density at radius 3 is 2.87 bits per heavy atom. The highest BCUT2D eigenvalue weighted by molar-refractivity contribution is 5.79. The zero-order chi connectivity index (χ0) is 15.8. The smallest absolute Gasteiger partial charge is 0.276 e. The standard InChI is InChI=1S/C17H16N4O2/c22-16(10-12-4-2-1-3-5-12)20-9-7-13-14(11-20)19-15-6-8-18-21(15)17(13)23/h1-6,8,18H,7,9-11H2. The van der Waals surface area contributed by atoms with Gasteiger partial charge in [-0.1, -0.05) is 30.3 Å². The largest absolute Gasteiger partial charge is 0.336 e. The normalized spacial score (nSPS) is 14.0. The Morgan fingerprint density at radius 2 is 2.04 bits per heavy atom. The van der Waals surface area contributed by atoms with E-state index in [2.05, 4.69) is 10.1 Å². The second-order valence-electron chi connectivity index (χ2n) is 5.73. The van der Waals surface area contributed by atoms with Crippen LogP contribution >= 0.6 is 0 Å². The van der Waals surface area contributed by atoms with Crippen molar-refractivity contribution in [3.05, 3.63) is 69.8 Å². The maximum atomic E-state index is 12.5. The summed E-state index contributed by atoms with van der Waals surface area (Å²) in [5, 5.41) is 2.87. The Bertz CT molecular complexity index is 927. The van der Waals surface area contributed by atoms with Crippen LogP contribution in [-0.4, -0.2) is 31.9 Å². The molecule has 0 radical (unpaired) electrons. The quantitative estimate of drug-likeness (QED) is 0.772. The maximum Gasteiger partial charge on any atom is 0.276 e. The van der Waals surface area contributed by atoms with Gasteiger partial charge in [-0.25, -0.2) is 9.50 Å². The predicted octanol–water partition coefficient (Wildman–Crippen LogP) is 1.15. The van der Waals surface area contributed by atoms with Crippen molar-refractivity contribution >= 4 is 11.6 Å². The predicted molar refractivity (Wildman–Crippen MR) is 85.1 cm³/mol. The first-order valence-electron chi connectivity index (χ1n) is 7.62. The van der Waals surface area contributed by atoms with Gasteiger partial charge in [-0.2, -0.15) is 0 Å². The molecule has 0 saturated heterocycles. The molecule has 1 aliphatic rings. The molecule has 6 nitrogen and oxygen atoms in total. The van der Waals surface area contributed by atoms with Gasteiger partial charge in [0, 0.05) is 24.4 Å². The molecular weight excluding hydrogens is 292 g/mol. The first-order valence-corrected chi connectivity index (χ1v) is 7.62. The lowest BCUT2D eigenvalue weighted by Gasteiger charge is -2.27. The molecule has 6 heteroatoms. The lowest BCUT2D eigenvalue weighted by atomic mass is 10.1. The van der Waals surface area contributed by atoms with Crippen molar-refractivity contribution in [2.45, 2.75) is 19.4 Å². The maximum absolute atomic E-state index is 12.5. The number of carbonyl (C=O) groups excluding carboxylic acids is 1. The van der Waals surface area contributed by atoms with Crippen LogP contribution in [0.3, 0.4) is 0 Å². The molecule has 3 aromatic rings. The third-order valence-electron chi connectivity index (χ3n) is 4.25. The van der Waals surface area contributed by atoms with Crippen LogP contribution in [0.4, 0.5) is 0 Å². The van der Waals surface area contributed by atoms with E-state index < -0.39 is 0 Å². The summed E-state index contributed by atoms with van der Waals surface area (Å²) in [5.74, 6) is 0.0675. The van der Waals surface area contributed by atoms with E-state index >= 15 is 0 Å². The summed E-state index contributed by atoms with van der Waals surface area (Å²) in [6.45, 7) is 0.959. The Morgan fingerprint density at radius 1 is 1.22 bits per heavy atom. The van der Waals surface area contributed by atoms with Crippen molar-refractivity contribution in [1.29, 1.82) is 0 Å². The number of fused-ring (bicyclic) bond motifs is 2. The van der Waals surface area contributed by atoms with Crippen LogP contribution < -0.4 is 5.56 Å². The molecule has 0 saturated carbocycles. The Kier molecular flexibility index (Phi) is 3.22. The minimum atomic E-state index is -0.0647. The van der Waals surface area contributed by atoms with Crippen LogP contribution in [0.15, 0.2) is 47.4 Å².